The van der Waals surface area contributed by atoms with E-state index in [1.807, 2.05) is 0 Å². The number of amides is 1. The first-order valence-electron chi connectivity index (χ1n) is 6.76. The molecule has 1 fully saturated rings. The molecule has 1 aromatic carbocycles. The summed E-state index contributed by atoms with van der Waals surface area (Å²) in [5, 5.41) is 5.99. The quantitative estimate of drug-likeness (QED) is 0.764. The minimum atomic E-state index is -0.254. The van der Waals surface area contributed by atoms with Crippen LogP contribution in [0.3, 0.4) is 0 Å². The SMILES string of the molecule is NC1CCC(Nc2cc3c(cc2F)CCC(=O)N3)C1. The van der Waals surface area contributed by atoms with Gasteiger partial charge in [0.25, 0.3) is 0 Å². The van der Waals surface area contributed by atoms with Crippen LogP contribution in [0.5, 0.6) is 0 Å². The first-order valence-corrected chi connectivity index (χ1v) is 6.76. The average Bonchev–Trinajstić information content (AvgIpc) is 2.76. The van der Waals surface area contributed by atoms with E-state index in [1.165, 1.54) is 6.07 Å². The third-order valence-electron chi connectivity index (χ3n) is 3.92. The summed E-state index contributed by atoms with van der Waals surface area (Å²) < 4.78 is 14.0. The van der Waals surface area contributed by atoms with Crippen molar-refractivity contribution in [2.45, 2.75) is 44.2 Å². The number of carbonyl (C=O) groups excluding carboxylic acids is 1. The van der Waals surface area contributed by atoms with Crippen molar-refractivity contribution in [1.29, 1.82) is 0 Å². The number of nitrogens with one attached hydrogen (secondary N) is 2. The van der Waals surface area contributed by atoms with Crippen molar-refractivity contribution in [2.75, 3.05) is 10.6 Å². The van der Waals surface area contributed by atoms with Crippen LogP contribution in [-0.4, -0.2) is 18.0 Å². The molecule has 3 rings (SSSR count). The van der Waals surface area contributed by atoms with E-state index in [0.717, 1.165) is 30.5 Å². The van der Waals surface area contributed by atoms with Gasteiger partial charge in [-0.05, 0) is 43.4 Å². The van der Waals surface area contributed by atoms with Gasteiger partial charge in [0.1, 0.15) is 5.82 Å². The molecule has 4 nitrogen and oxygen atoms in total. The highest BCUT2D eigenvalue weighted by Crippen LogP contribution is 2.30. The van der Waals surface area contributed by atoms with Crippen LogP contribution in [0.4, 0.5) is 15.8 Å². The van der Waals surface area contributed by atoms with Crippen LogP contribution in [0.15, 0.2) is 12.1 Å². The summed E-state index contributed by atoms with van der Waals surface area (Å²) in [6.07, 6.45) is 3.83. The van der Waals surface area contributed by atoms with Crippen molar-refractivity contribution in [3.8, 4) is 0 Å². The molecule has 19 heavy (non-hydrogen) atoms. The monoisotopic (exact) mass is 263 g/mol. The molecule has 0 spiro atoms. The molecule has 1 aliphatic heterocycles. The maximum atomic E-state index is 14.0. The zero-order valence-corrected chi connectivity index (χ0v) is 10.7. The van der Waals surface area contributed by atoms with Crippen molar-refractivity contribution < 1.29 is 9.18 Å². The predicted octanol–water partition coefficient (Wildman–Crippen LogP) is 2.00. The predicted molar refractivity (Wildman–Crippen MR) is 72.6 cm³/mol. The van der Waals surface area contributed by atoms with Gasteiger partial charge in [0.2, 0.25) is 5.91 Å². The molecule has 0 aromatic heterocycles. The van der Waals surface area contributed by atoms with E-state index < -0.39 is 0 Å². The van der Waals surface area contributed by atoms with Gasteiger partial charge in [0.05, 0.1) is 5.69 Å². The van der Waals surface area contributed by atoms with Gasteiger partial charge in [-0.3, -0.25) is 4.79 Å². The summed E-state index contributed by atoms with van der Waals surface area (Å²) in [7, 11) is 0. The first kappa shape index (κ1) is 12.4. The number of benzene rings is 1. The van der Waals surface area contributed by atoms with Crippen molar-refractivity contribution in [1.82, 2.24) is 0 Å². The zero-order chi connectivity index (χ0) is 13.4. The van der Waals surface area contributed by atoms with Gasteiger partial charge >= 0.3 is 0 Å². The molecular weight excluding hydrogens is 245 g/mol. The van der Waals surface area contributed by atoms with Gasteiger partial charge in [-0.15, -0.1) is 0 Å². The van der Waals surface area contributed by atoms with Crippen molar-refractivity contribution in [2.24, 2.45) is 5.73 Å². The van der Waals surface area contributed by atoms with Crippen molar-refractivity contribution in [3.05, 3.63) is 23.5 Å². The number of aryl methyl sites for hydroxylation is 1. The Balaban J connectivity index is 1.81. The molecule has 1 aromatic rings. The summed E-state index contributed by atoms with van der Waals surface area (Å²) in [5.74, 6) is -0.261. The summed E-state index contributed by atoms with van der Waals surface area (Å²) in [4.78, 5) is 11.4. The first-order chi connectivity index (χ1) is 9.11. The molecule has 102 valence electrons. The fourth-order valence-corrected chi connectivity index (χ4v) is 2.88. The molecule has 1 aliphatic carbocycles. The number of hydrogen-bond donors (Lipinski definition) is 3. The van der Waals surface area contributed by atoms with Gasteiger partial charge in [0, 0.05) is 24.2 Å². The van der Waals surface area contributed by atoms with E-state index in [9.17, 15) is 9.18 Å². The number of carbonyl (C=O) groups is 1. The second kappa shape index (κ2) is 4.81. The summed E-state index contributed by atoms with van der Waals surface area (Å²) >= 11 is 0. The normalized spacial score (nSPS) is 25.9. The molecule has 0 saturated heterocycles. The number of halogens is 1. The topological polar surface area (TPSA) is 67.1 Å². The molecule has 4 N–H and O–H groups in total. The Morgan fingerprint density at radius 2 is 2.16 bits per heavy atom. The van der Waals surface area contributed by atoms with Crippen molar-refractivity contribution in [3.63, 3.8) is 0 Å². The van der Waals surface area contributed by atoms with E-state index in [-0.39, 0.29) is 23.8 Å². The van der Waals surface area contributed by atoms with Crippen LogP contribution in [0.25, 0.3) is 0 Å². The summed E-state index contributed by atoms with van der Waals surface area (Å²) in [6.45, 7) is 0. The van der Waals surface area contributed by atoms with Crippen LogP contribution in [-0.2, 0) is 11.2 Å². The molecule has 1 saturated carbocycles. The highest BCUT2D eigenvalue weighted by Gasteiger charge is 2.23. The summed E-state index contributed by atoms with van der Waals surface area (Å²) in [6, 6.07) is 3.65. The molecule has 1 amide bonds. The number of nitrogens with two attached hydrogens (primary N) is 1. The van der Waals surface area contributed by atoms with E-state index in [4.69, 9.17) is 5.73 Å². The average molecular weight is 263 g/mol. The molecule has 2 unspecified atom stereocenters. The third kappa shape index (κ3) is 2.56. The lowest BCUT2D eigenvalue weighted by Crippen LogP contribution is -2.22. The van der Waals surface area contributed by atoms with Crippen LogP contribution < -0.4 is 16.4 Å². The third-order valence-corrected chi connectivity index (χ3v) is 3.92. The lowest BCUT2D eigenvalue weighted by atomic mass is 10.0. The smallest absolute Gasteiger partial charge is 0.224 e. The van der Waals surface area contributed by atoms with E-state index in [1.54, 1.807) is 6.07 Å². The maximum absolute atomic E-state index is 14.0. The minimum absolute atomic E-state index is 0.00653. The largest absolute Gasteiger partial charge is 0.380 e. The highest BCUT2D eigenvalue weighted by molar-refractivity contribution is 5.94. The summed E-state index contributed by atoms with van der Waals surface area (Å²) in [5.41, 5.74) is 7.90. The fourth-order valence-electron chi connectivity index (χ4n) is 2.88. The van der Waals surface area contributed by atoms with Gasteiger partial charge in [-0.25, -0.2) is 4.39 Å². The van der Waals surface area contributed by atoms with Crippen molar-refractivity contribution >= 4 is 17.3 Å². The molecule has 5 heteroatoms. The number of fused-ring (bicyclic) bond motifs is 1. The van der Waals surface area contributed by atoms with E-state index in [2.05, 4.69) is 10.6 Å². The van der Waals surface area contributed by atoms with Gasteiger partial charge < -0.3 is 16.4 Å². The van der Waals surface area contributed by atoms with Crippen LogP contribution in [0.2, 0.25) is 0 Å². The standard InChI is InChI=1S/C14H18FN3O/c15-11-5-8-1-4-14(19)18-12(8)7-13(11)17-10-3-2-9(16)6-10/h5,7,9-10,17H,1-4,6,16H2,(H,18,19). The van der Waals surface area contributed by atoms with Crippen LogP contribution in [0, 0.1) is 5.82 Å². The van der Waals surface area contributed by atoms with Crippen LogP contribution >= 0.6 is 0 Å². The Bertz CT molecular complexity index is 518. The molecule has 2 atom stereocenters. The Morgan fingerprint density at radius 3 is 2.89 bits per heavy atom. The fraction of sp³-hybridized carbons (Fsp3) is 0.500. The number of hydrogen-bond acceptors (Lipinski definition) is 3. The second-order valence-electron chi connectivity index (χ2n) is 5.45. The number of anilines is 2. The minimum Gasteiger partial charge on any atom is -0.380 e. The molecule has 0 bridgehead atoms. The maximum Gasteiger partial charge on any atom is 0.224 e. The lowest BCUT2D eigenvalue weighted by molar-refractivity contribution is -0.116. The van der Waals surface area contributed by atoms with Gasteiger partial charge in [-0.2, -0.15) is 0 Å². The lowest BCUT2D eigenvalue weighted by Gasteiger charge is -2.20. The molecule has 0 radical (unpaired) electrons. The Morgan fingerprint density at radius 1 is 1.32 bits per heavy atom. The Kier molecular flexibility index (Phi) is 3.14. The van der Waals surface area contributed by atoms with Gasteiger partial charge in [-0.1, -0.05) is 0 Å². The molecular formula is C14H18FN3O. The number of rotatable bonds is 2. The highest BCUT2D eigenvalue weighted by atomic mass is 19.1. The van der Waals surface area contributed by atoms with Gasteiger partial charge in [0.15, 0.2) is 0 Å². The zero-order valence-electron chi connectivity index (χ0n) is 10.7. The Labute approximate surface area is 111 Å². The molecule has 2 aliphatic rings. The second-order valence-corrected chi connectivity index (χ2v) is 5.45. The van der Waals surface area contributed by atoms with E-state index in [0.29, 0.717) is 18.5 Å². The molecule has 1 heterocycles. The van der Waals surface area contributed by atoms with E-state index >= 15 is 0 Å². The Hall–Kier alpha value is -1.62. The van der Waals surface area contributed by atoms with Crippen LogP contribution in [0.1, 0.15) is 31.2 Å².